The molecule has 0 atom stereocenters. The zero-order chi connectivity index (χ0) is 19.9. The predicted molar refractivity (Wildman–Crippen MR) is 103 cm³/mol. The molecule has 3 rings (SSSR count). The molecule has 1 aromatic heterocycles. The van der Waals surface area contributed by atoms with E-state index in [0.29, 0.717) is 29.3 Å². The average molecular weight is 381 g/mol. The number of para-hydroxylation sites is 2. The van der Waals surface area contributed by atoms with Crippen molar-refractivity contribution in [3.8, 4) is 0 Å². The fourth-order valence-corrected chi connectivity index (χ4v) is 2.49. The minimum Gasteiger partial charge on any atom is -0.456 e. The lowest BCUT2D eigenvalue weighted by Crippen LogP contribution is -2.21. The van der Waals surface area contributed by atoms with E-state index in [4.69, 9.17) is 9.15 Å². The number of aromatic nitrogens is 1. The van der Waals surface area contributed by atoms with Crippen LogP contribution in [0.3, 0.4) is 0 Å². The van der Waals surface area contributed by atoms with Gasteiger partial charge >= 0.3 is 5.97 Å². The van der Waals surface area contributed by atoms with Gasteiger partial charge in [0.2, 0.25) is 5.91 Å². The maximum atomic E-state index is 11.9. The van der Waals surface area contributed by atoms with E-state index >= 15 is 0 Å². The smallest absolute Gasteiger partial charge is 0.306 e. The van der Waals surface area contributed by atoms with Crippen LogP contribution >= 0.6 is 0 Å². The highest BCUT2D eigenvalue weighted by Gasteiger charge is 2.11. The first-order chi connectivity index (χ1) is 13.5. The normalized spacial score (nSPS) is 10.5. The number of benzene rings is 2. The molecule has 2 amide bonds. The molecule has 0 aliphatic carbocycles. The number of nitrogens with one attached hydrogen (secondary N) is 2. The molecule has 144 valence electrons. The van der Waals surface area contributed by atoms with Gasteiger partial charge in [0, 0.05) is 24.7 Å². The number of carbonyl (C=O) groups is 3. The molecule has 0 spiro atoms. The van der Waals surface area contributed by atoms with Crippen LogP contribution in [0.2, 0.25) is 0 Å². The number of rotatable bonds is 7. The van der Waals surface area contributed by atoms with E-state index in [1.54, 1.807) is 30.3 Å². The number of fused-ring (bicyclic) bond motifs is 1. The summed E-state index contributed by atoms with van der Waals surface area (Å²) in [6.45, 7) is 1.02. The van der Waals surface area contributed by atoms with Gasteiger partial charge in [-0.25, -0.2) is 4.98 Å². The Balaban J connectivity index is 1.41. The van der Waals surface area contributed by atoms with Gasteiger partial charge in [-0.3, -0.25) is 14.4 Å². The molecule has 3 aromatic rings. The topological polar surface area (TPSA) is 111 Å². The Kier molecular flexibility index (Phi) is 6.01. The third-order valence-electron chi connectivity index (χ3n) is 3.73. The quantitative estimate of drug-likeness (QED) is 0.609. The molecule has 0 radical (unpaired) electrons. The molecule has 2 N–H and O–H groups in total. The lowest BCUT2D eigenvalue weighted by Gasteiger charge is -2.07. The van der Waals surface area contributed by atoms with E-state index < -0.39 is 11.9 Å². The Morgan fingerprint density at radius 2 is 1.68 bits per heavy atom. The van der Waals surface area contributed by atoms with Crippen LogP contribution in [-0.2, 0) is 25.5 Å². The molecule has 1 heterocycles. The summed E-state index contributed by atoms with van der Waals surface area (Å²) >= 11 is 0. The van der Waals surface area contributed by atoms with Crippen molar-refractivity contribution in [3.05, 3.63) is 54.4 Å². The van der Waals surface area contributed by atoms with Gasteiger partial charge in [-0.2, -0.15) is 0 Å². The highest BCUT2D eigenvalue weighted by Crippen LogP contribution is 2.16. The van der Waals surface area contributed by atoms with Crippen molar-refractivity contribution < 1.29 is 23.5 Å². The number of hydrogen-bond donors (Lipinski definition) is 2. The number of carbonyl (C=O) groups excluding carboxylic acids is 3. The van der Waals surface area contributed by atoms with Gasteiger partial charge in [0.05, 0.1) is 6.42 Å². The molecular weight excluding hydrogens is 362 g/mol. The Bertz CT molecular complexity index is 962. The zero-order valence-electron chi connectivity index (χ0n) is 15.2. The van der Waals surface area contributed by atoms with Crippen molar-refractivity contribution in [2.75, 3.05) is 17.2 Å². The number of ether oxygens (including phenoxy) is 1. The highest BCUT2D eigenvalue weighted by molar-refractivity contribution is 5.93. The molecule has 0 saturated carbocycles. The number of amides is 2. The monoisotopic (exact) mass is 381 g/mol. The van der Waals surface area contributed by atoms with Gasteiger partial charge in [-0.1, -0.05) is 12.1 Å². The van der Waals surface area contributed by atoms with Gasteiger partial charge in [0.15, 0.2) is 18.1 Å². The average Bonchev–Trinajstić information content (AvgIpc) is 3.09. The number of aryl methyl sites for hydroxylation is 1. The number of hydrogen-bond acceptors (Lipinski definition) is 6. The Morgan fingerprint density at radius 3 is 2.36 bits per heavy atom. The minimum absolute atomic E-state index is 0.0610. The summed E-state index contributed by atoms with van der Waals surface area (Å²) in [6, 6.07) is 13.9. The van der Waals surface area contributed by atoms with Crippen molar-refractivity contribution in [1.29, 1.82) is 0 Å². The molecule has 0 aliphatic rings. The van der Waals surface area contributed by atoms with Gasteiger partial charge in [-0.05, 0) is 36.4 Å². The first-order valence-electron chi connectivity index (χ1n) is 8.67. The van der Waals surface area contributed by atoms with Crippen LogP contribution in [0, 0.1) is 0 Å². The molecule has 0 saturated heterocycles. The zero-order valence-corrected chi connectivity index (χ0v) is 15.2. The van der Waals surface area contributed by atoms with Crippen molar-refractivity contribution in [1.82, 2.24) is 4.98 Å². The molecule has 28 heavy (non-hydrogen) atoms. The van der Waals surface area contributed by atoms with E-state index in [-0.39, 0.29) is 18.9 Å². The summed E-state index contributed by atoms with van der Waals surface area (Å²) in [5.41, 5.74) is 2.54. The fourth-order valence-electron chi connectivity index (χ4n) is 2.49. The van der Waals surface area contributed by atoms with Crippen LogP contribution in [0.1, 0.15) is 19.2 Å². The van der Waals surface area contributed by atoms with Crippen LogP contribution in [0.25, 0.3) is 11.1 Å². The van der Waals surface area contributed by atoms with Crippen LogP contribution in [-0.4, -0.2) is 29.4 Å². The molecule has 0 aliphatic heterocycles. The minimum atomic E-state index is -0.515. The molecule has 0 unspecified atom stereocenters. The van der Waals surface area contributed by atoms with E-state index in [2.05, 4.69) is 15.6 Å². The summed E-state index contributed by atoms with van der Waals surface area (Å²) in [5, 5.41) is 5.24. The molecule has 8 heteroatoms. The summed E-state index contributed by atoms with van der Waals surface area (Å²) in [5.74, 6) is -0.704. The lowest BCUT2D eigenvalue weighted by molar-refractivity contribution is -0.147. The summed E-state index contributed by atoms with van der Waals surface area (Å²) < 4.78 is 10.5. The largest absolute Gasteiger partial charge is 0.456 e. The third kappa shape index (κ3) is 5.41. The molecular formula is C20H19N3O5. The van der Waals surface area contributed by atoms with Gasteiger partial charge in [0.25, 0.3) is 5.91 Å². The van der Waals surface area contributed by atoms with Crippen molar-refractivity contribution >= 4 is 40.3 Å². The maximum Gasteiger partial charge on any atom is 0.306 e. The van der Waals surface area contributed by atoms with E-state index in [1.807, 2.05) is 18.2 Å². The van der Waals surface area contributed by atoms with Crippen LogP contribution in [0.4, 0.5) is 11.4 Å². The standard InChI is InChI=1S/C20H19N3O5/c1-13(24)21-14-6-8-15(9-7-14)22-18(25)12-27-20(26)11-10-19-23-16-4-2-3-5-17(16)28-19/h2-9H,10-12H2,1H3,(H,21,24)(H,22,25). The predicted octanol–water partition coefficient (Wildman–Crippen LogP) is 2.90. The summed E-state index contributed by atoms with van der Waals surface area (Å²) in [4.78, 5) is 39.0. The maximum absolute atomic E-state index is 11.9. The second-order valence-corrected chi connectivity index (χ2v) is 6.04. The molecule has 2 aromatic carbocycles. The SMILES string of the molecule is CC(=O)Nc1ccc(NC(=O)COC(=O)CCc2nc3ccccc3o2)cc1. The fraction of sp³-hybridized carbons (Fsp3) is 0.200. The highest BCUT2D eigenvalue weighted by atomic mass is 16.5. The Morgan fingerprint density at radius 1 is 1.00 bits per heavy atom. The molecule has 8 nitrogen and oxygen atoms in total. The first-order valence-corrected chi connectivity index (χ1v) is 8.67. The van der Waals surface area contributed by atoms with E-state index in [0.717, 1.165) is 5.52 Å². The molecule has 0 bridgehead atoms. The summed E-state index contributed by atoms with van der Waals surface area (Å²) in [7, 11) is 0. The Hall–Kier alpha value is -3.68. The van der Waals surface area contributed by atoms with Gasteiger partial charge in [-0.15, -0.1) is 0 Å². The van der Waals surface area contributed by atoms with Crippen molar-refractivity contribution in [2.24, 2.45) is 0 Å². The first kappa shape index (κ1) is 19.1. The lowest BCUT2D eigenvalue weighted by atomic mass is 10.2. The van der Waals surface area contributed by atoms with E-state index in [1.165, 1.54) is 6.92 Å². The third-order valence-corrected chi connectivity index (χ3v) is 3.73. The van der Waals surface area contributed by atoms with Crippen LogP contribution in [0.15, 0.2) is 52.9 Å². The van der Waals surface area contributed by atoms with E-state index in [9.17, 15) is 14.4 Å². The van der Waals surface area contributed by atoms with Gasteiger partial charge < -0.3 is 19.8 Å². The number of esters is 1. The van der Waals surface area contributed by atoms with Gasteiger partial charge in [0.1, 0.15) is 5.52 Å². The van der Waals surface area contributed by atoms with Crippen molar-refractivity contribution in [3.63, 3.8) is 0 Å². The second-order valence-electron chi connectivity index (χ2n) is 6.04. The van der Waals surface area contributed by atoms with Crippen LogP contribution < -0.4 is 10.6 Å². The van der Waals surface area contributed by atoms with Crippen molar-refractivity contribution in [2.45, 2.75) is 19.8 Å². The number of nitrogens with zero attached hydrogens (tertiary/aromatic N) is 1. The number of anilines is 2. The second kappa shape index (κ2) is 8.81. The summed E-state index contributed by atoms with van der Waals surface area (Å²) in [6.07, 6.45) is 0.352. The van der Waals surface area contributed by atoms with Crippen LogP contribution in [0.5, 0.6) is 0 Å². The Labute approximate surface area is 160 Å². The molecule has 0 fully saturated rings. The number of oxazole rings is 1.